The maximum absolute atomic E-state index is 13.4. The van der Waals surface area contributed by atoms with Gasteiger partial charge in [-0.25, -0.2) is 8.91 Å². The number of aromatic nitrogens is 6. The van der Waals surface area contributed by atoms with E-state index in [1.807, 2.05) is 6.92 Å². The van der Waals surface area contributed by atoms with Gasteiger partial charge in [0.2, 0.25) is 0 Å². The van der Waals surface area contributed by atoms with E-state index >= 15 is 0 Å². The highest BCUT2D eigenvalue weighted by atomic mass is 19.1. The minimum Gasteiger partial charge on any atom is -0.282 e. The van der Waals surface area contributed by atoms with Gasteiger partial charge in [0, 0.05) is 18.6 Å². The summed E-state index contributed by atoms with van der Waals surface area (Å²) in [5, 5.41) is 13.2. The summed E-state index contributed by atoms with van der Waals surface area (Å²) < 4.78 is 16.5. The van der Waals surface area contributed by atoms with Gasteiger partial charge < -0.3 is 0 Å². The Morgan fingerprint density at radius 1 is 1.00 bits per heavy atom. The molecule has 7 nitrogen and oxygen atoms in total. The molecular formula is C21H15FN6O. The van der Waals surface area contributed by atoms with Gasteiger partial charge in [0.15, 0.2) is 11.2 Å². The van der Waals surface area contributed by atoms with Crippen LogP contribution in [-0.2, 0) is 6.42 Å². The predicted octanol–water partition coefficient (Wildman–Crippen LogP) is 3.19. The van der Waals surface area contributed by atoms with Gasteiger partial charge >= 0.3 is 0 Å². The molecule has 0 radical (unpaired) electrons. The Hall–Kier alpha value is -3.94. The van der Waals surface area contributed by atoms with Gasteiger partial charge in [0.25, 0.3) is 5.56 Å². The number of hydrogen-bond acceptors (Lipinski definition) is 5. The fourth-order valence-corrected chi connectivity index (χ4v) is 3.46. The molecule has 0 aliphatic heterocycles. The van der Waals surface area contributed by atoms with Gasteiger partial charge in [0.1, 0.15) is 11.3 Å². The first-order valence-corrected chi connectivity index (χ1v) is 9.13. The van der Waals surface area contributed by atoms with Gasteiger partial charge in [0.05, 0.1) is 16.9 Å². The highest BCUT2D eigenvalue weighted by Crippen LogP contribution is 2.29. The summed E-state index contributed by atoms with van der Waals surface area (Å²) in [6.07, 6.45) is 5.59. The maximum atomic E-state index is 13.4. The third-order valence-electron chi connectivity index (χ3n) is 4.86. The van der Waals surface area contributed by atoms with Crippen LogP contribution in [0, 0.1) is 5.82 Å². The van der Waals surface area contributed by atoms with Crippen LogP contribution in [0.3, 0.4) is 0 Å². The molecule has 4 heterocycles. The SMILES string of the molecule is CCc1nn2c(nnc3c(=O)n(-c4ccncc4)ccc32)c1-c1ccc(F)cc1. The van der Waals surface area contributed by atoms with E-state index in [0.29, 0.717) is 23.3 Å². The molecule has 1 aromatic carbocycles. The zero-order chi connectivity index (χ0) is 20.0. The van der Waals surface area contributed by atoms with Crippen LogP contribution < -0.4 is 5.56 Å². The largest absolute Gasteiger partial charge is 0.285 e. The van der Waals surface area contributed by atoms with Crippen LogP contribution in [0.2, 0.25) is 0 Å². The van der Waals surface area contributed by atoms with Gasteiger partial charge in [-0.3, -0.25) is 14.3 Å². The van der Waals surface area contributed by atoms with Crippen LogP contribution in [0.5, 0.6) is 0 Å². The second kappa shape index (κ2) is 6.59. The third-order valence-corrected chi connectivity index (χ3v) is 4.86. The van der Waals surface area contributed by atoms with Crippen LogP contribution in [0.15, 0.2) is 65.8 Å². The minimum atomic E-state index is -0.309. The summed E-state index contributed by atoms with van der Waals surface area (Å²) in [5.74, 6) is -0.309. The summed E-state index contributed by atoms with van der Waals surface area (Å²) in [6, 6.07) is 11.5. The number of benzene rings is 1. The van der Waals surface area contributed by atoms with Crippen LogP contribution in [-0.4, -0.2) is 29.4 Å². The number of nitrogens with zero attached hydrogens (tertiary/aromatic N) is 6. The molecule has 4 aromatic heterocycles. The molecule has 0 spiro atoms. The molecule has 0 fully saturated rings. The van der Waals surface area contributed by atoms with Crippen molar-refractivity contribution in [2.45, 2.75) is 13.3 Å². The fourth-order valence-electron chi connectivity index (χ4n) is 3.46. The molecule has 5 rings (SSSR count). The summed E-state index contributed by atoms with van der Waals surface area (Å²) >= 11 is 0. The summed E-state index contributed by atoms with van der Waals surface area (Å²) in [5.41, 5.74) is 4.10. The van der Waals surface area contributed by atoms with Gasteiger partial charge in [-0.2, -0.15) is 5.10 Å². The van der Waals surface area contributed by atoms with Crippen molar-refractivity contribution in [2.24, 2.45) is 0 Å². The van der Waals surface area contributed by atoms with Crippen molar-refractivity contribution in [3.05, 3.63) is 82.9 Å². The Kier molecular flexibility index (Phi) is 3.90. The normalized spacial score (nSPS) is 11.4. The van der Waals surface area contributed by atoms with E-state index in [9.17, 15) is 9.18 Å². The molecule has 0 aliphatic rings. The predicted molar refractivity (Wildman–Crippen MR) is 106 cm³/mol. The topological polar surface area (TPSA) is 78.0 Å². The summed E-state index contributed by atoms with van der Waals surface area (Å²) in [4.78, 5) is 17.0. The Labute approximate surface area is 164 Å². The molecule has 8 heteroatoms. The lowest BCUT2D eigenvalue weighted by molar-refractivity contribution is 0.628. The number of fused-ring (bicyclic) bond motifs is 3. The van der Waals surface area contributed by atoms with E-state index in [-0.39, 0.29) is 16.9 Å². The molecule has 29 heavy (non-hydrogen) atoms. The Morgan fingerprint density at radius 3 is 2.48 bits per heavy atom. The third kappa shape index (κ3) is 2.68. The first-order chi connectivity index (χ1) is 14.2. The molecule has 0 amide bonds. The van der Waals surface area contributed by atoms with Gasteiger partial charge in [-0.05, 0) is 42.3 Å². The Bertz CT molecular complexity index is 1410. The summed E-state index contributed by atoms with van der Waals surface area (Å²) in [6.45, 7) is 1.99. The monoisotopic (exact) mass is 386 g/mol. The minimum absolute atomic E-state index is 0.215. The van der Waals surface area contributed by atoms with Crippen molar-refractivity contribution in [2.75, 3.05) is 0 Å². The Balaban J connectivity index is 1.79. The lowest BCUT2D eigenvalue weighted by Gasteiger charge is -2.07. The van der Waals surface area contributed by atoms with Crippen molar-refractivity contribution < 1.29 is 4.39 Å². The molecule has 0 saturated carbocycles. The van der Waals surface area contributed by atoms with Gasteiger partial charge in [-0.15, -0.1) is 10.2 Å². The maximum Gasteiger partial charge on any atom is 0.285 e. The van der Waals surface area contributed by atoms with Crippen LogP contribution in [0.1, 0.15) is 12.6 Å². The molecule has 142 valence electrons. The first kappa shape index (κ1) is 17.2. The number of rotatable bonds is 3. The summed E-state index contributed by atoms with van der Waals surface area (Å²) in [7, 11) is 0. The van der Waals surface area contributed by atoms with Crippen molar-refractivity contribution >= 4 is 16.7 Å². The molecule has 0 saturated heterocycles. The van der Waals surface area contributed by atoms with E-state index in [4.69, 9.17) is 0 Å². The van der Waals surface area contributed by atoms with Crippen LogP contribution in [0.4, 0.5) is 4.39 Å². The molecular weight excluding hydrogens is 371 g/mol. The number of aryl methyl sites for hydroxylation is 1. The van der Waals surface area contributed by atoms with Crippen molar-refractivity contribution in [1.29, 1.82) is 0 Å². The van der Waals surface area contributed by atoms with E-state index in [1.54, 1.807) is 53.4 Å². The van der Waals surface area contributed by atoms with Crippen LogP contribution >= 0.6 is 0 Å². The quantitative estimate of drug-likeness (QED) is 0.476. The van der Waals surface area contributed by atoms with Crippen molar-refractivity contribution in [1.82, 2.24) is 29.4 Å². The smallest absolute Gasteiger partial charge is 0.282 e. The number of halogens is 1. The number of hydrogen-bond donors (Lipinski definition) is 0. The molecule has 0 N–H and O–H groups in total. The highest BCUT2D eigenvalue weighted by molar-refractivity contribution is 5.84. The van der Waals surface area contributed by atoms with E-state index < -0.39 is 0 Å². The van der Waals surface area contributed by atoms with Crippen LogP contribution in [0.25, 0.3) is 33.5 Å². The van der Waals surface area contributed by atoms with Gasteiger partial charge in [-0.1, -0.05) is 19.1 Å². The fraction of sp³-hybridized carbons (Fsp3) is 0.0952. The average molecular weight is 386 g/mol. The lowest BCUT2D eigenvalue weighted by Crippen LogP contribution is -2.20. The number of pyridine rings is 2. The molecule has 0 bridgehead atoms. The Morgan fingerprint density at radius 2 is 1.76 bits per heavy atom. The first-order valence-electron chi connectivity index (χ1n) is 9.13. The van der Waals surface area contributed by atoms with Crippen molar-refractivity contribution in [3.8, 4) is 16.8 Å². The molecule has 0 aliphatic carbocycles. The average Bonchev–Trinajstić information content (AvgIpc) is 3.14. The van der Waals surface area contributed by atoms with Crippen molar-refractivity contribution in [3.63, 3.8) is 0 Å². The second-order valence-electron chi connectivity index (χ2n) is 6.55. The second-order valence-corrected chi connectivity index (χ2v) is 6.55. The standard InChI is InChI=1S/C21H15FN6O/c1-2-16-18(13-3-5-14(22)6-4-13)20-25-24-19-17(28(20)26-16)9-12-27(21(19)29)15-7-10-23-11-8-15/h3-12H,2H2,1H3. The highest BCUT2D eigenvalue weighted by Gasteiger charge is 2.19. The zero-order valence-corrected chi connectivity index (χ0v) is 15.5. The molecule has 0 atom stereocenters. The van der Waals surface area contributed by atoms with E-state index in [0.717, 1.165) is 16.8 Å². The molecule has 0 unspecified atom stereocenters. The zero-order valence-electron chi connectivity index (χ0n) is 15.5. The lowest BCUT2D eigenvalue weighted by atomic mass is 10.0. The molecule has 5 aromatic rings. The van der Waals surface area contributed by atoms with E-state index in [1.165, 1.54) is 16.7 Å². The van der Waals surface area contributed by atoms with E-state index in [2.05, 4.69) is 20.3 Å².